The van der Waals surface area contributed by atoms with Crippen molar-refractivity contribution in [3.63, 3.8) is 0 Å². The number of hydrogen-bond donors (Lipinski definition) is 1. The second-order valence-corrected chi connectivity index (χ2v) is 6.02. The molecule has 0 fully saturated rings. The molecule has 0 spiro atoms. The molecule has 24 heavy (non-hydrogen) atoms. The number of nitriles is 1. The Morgan fingerprint density at radius 3 is 2.71 bits per heavy atom. The Morgan fingerprint density at radius 2 is 2.08 bits per heavy atom. The summed E-state index contributed by atoms with van der Waals surface area (Å²) in [5.74, 6) is -0.971. The standard InChI is InChI=1S/C19H17N3O2/c1-11(2)22-10-14(9-20)16-8-13(4-5-17(16)22)18-12(3)15(19(23)24)6-7-21-18/h4-8,10-11H,1-3H3,(H,23,24). The van der Waals surface area contributed by atoms with Crippen molar-refractivity contribution in [1.82, 2.24) is 9.55 Å². The van der Waals surface area contributed by atoms with Crippen molar-refractivity contribution in [2.45, 2.75) is 26.8 Å². The quantitative estimate of drug-likeness (QED) is 0.786. The Morgan fingerprint density at radius 1 is 1.33 bits per heavy atom. The SMILES string of the molecule is Cc1c(C(=O)O)ccnc1-c1ccc2c(c1)c(C#N)cn2C(C)C. The molecule has 0 aliphatic rings. The number of carbonyl (C=O) groups is 1. The molecule has 0 aliphatic carbocycles. The monoisotopic (exact) mass is 319 g/mol. The largest absolute Gasteiger partial charge is 0.478 e. The van der Waals surface area contributed by atoms with Crippen molar-refractivity contribution in [2.75, 3.05) is 0 Å². The highest BCUT2D eigenvalue weighted by Crippen LogP contribution is 2.30. The van der Waals surface area contributed by atoms with Crippen LogP contribution in [0.2, 0.25) is 0 Å². The molecule has 0 radical (unpaired) electrons. The molecule has 2 aromatic heterocycles. The maximum atomic E-state index is 11.3. The summed E-state index contributed by atoms with van der Waals surface area (Å²) in [7, 11) is 0. The highest BCUT2D eigenvalue weighted by atomic mass is 16.4. The Hall–Kier alpha value is -3.13. The number of hydrogen-bond acceptors (Lipinski definition) is 3. The van der Waals surface area contributed by atoms with Crippen molar-refractivity contribution < 1.29 is 9.90 Å². The molecule has 3 aromatic rings. The van der Waals surface area contributed by atoms with Crippen LogP contribution in [0.15, 0.2) is 36.7 Å². The van der Waals surface area contributed by atoms with Crippen LogP contribution in [-0.4, -0.2) is 20.6 Å². The van der Waals surface area contributed by atoms with E-state index in [9.17, 15) is 15.2 Å². The number of aromatic carboxylic acids is 1. The van der Waals surface area contributed by atoms with Crippen LogP contribution in [0.5, 0.6) is 0 Å². The van der Waals surface area contributed by atoms with E-state index in [0.717, 1.165) is 16.5 Å². The zero-order chi connectivity index (χ0) is 17.4. The minimum atomic E-state index is -0.971. The van der Waals surface area contributed by atoms with E-state index in [1.807, 2.05) is 24.4 Å². The van der Waals surface area contributed by atoms with Crippen molar-refractivity contribution >= 4 is 16.9 Å². The summed E-state index contributed by atoms with van der Waals surface area (Å²) in [6.07, 6.45) is 3.35. The normalized spacial score (nSPS) is 11.0. The van der Waals surface area contributed by atoms with Gasteiger partial charge >= 0.3 is 5.97 Å². The average Bonchev–Trinajstić information content (AvgIpc) is 2.93. The molecule has 0 saturated heterocycles. The van der Waals surface area contributed by atoms with Gasteiger partial charge in [-0.3, -0.25) is 4.98 Å². The van der Waals surface area contributed by atoms with Gasteiger partial charge in [-0.25, -0.2) is 4.79 Å². The van der Waals surface area contributed by atoms with Gasteiger partial charge in [0.15, 0.2) is 0 Å². The Bertz CT molecular complexity index is 994. The summed E-state index contributed by atoms with van der Waals surface area (Å²) in [6, 6.07) is 9.76. The molecule has 1 N–H and O–H groups in total. The number of benzene rings is 1. The fraction of sp³-hybridized carbons (Fsp3) is 0.211. The zero-order valence-electron chi connectivity index (χ0n) is 13.7. The molecule has 1 aromatic carbocycles. The van der Waals surface area contributed by atoms with Crippen molar-refractivity contribution in [1.29, 1.82) is 5.26 Å². The molecule has 5 heteroatoms. The molecule has 0 amide bonds. The van der Waals surface area contributed by atoms with Gasteiger partial charge in [0.25, 0.3) is 0 Å². The van der Waals surface area contributed by atoms with E-state index in [-0.39, 0.29) is 11.6 Å². The fourth-order valence-corrected chi connectivity index (χ4v) is 2.98. The first-order valence-corrected chi connectivity index (χ1v) is 7.68. The zero-order valence-corrected chi connectivity index (χ0v) is 13.7. The average molecular weight is 319 g/mol. The molecule has 120 valence electrons. The van der Waals surface area contributed by atoms with Gasteiger partial charge in [-0.05, 0) is 44.5 Å². The van der Waals surface area contributed by atoms with Crippen molar-refractivity contribution in [3.8, 4) is 17.3 Å². The highest BCUT2D eigenvalue weighted by molar-refractivity contribution is 5.93. The predicted octanol–water partition coefficient (Wildman–Crippen LogP) is 4.16. The van der Waals surface area contributed by atoms with Crippen LogP contribution in [-0.2, 0) is 0 Å². The van der Waals surface area contributed by atoms with Crippen LogP contribution >= 0.6 is 0 Å². The Balaban J connectivity index is 2.25. The van der Waals surface area contributed by atoms with Crippen LogP contribution in [0.1, 0.15) is 41.4 Å². The molecule has 0 bridgehead atoms. The smallest absolute Gasteiger partial charge is 0.336 e. The van der Waals surface area contributed by atoms with Gasteiger partial charge < -0.3 is 9.67 Å². The third kappa shape index (κ3) is 2.42. The van der Waals surface area contributed by atoms with Gasteiger partial charge in [0.2, 0.25) is 0 Å². The van der Waals surface area contributed by atoms with Gasteiger partial charge in [-0.2, -0.15) is 5.26 Å². The molecule has 2 heterocycles. The number of nitrogens with zero attached hydrogens (tertiary/aromatic N) is 3. The highest BCUT2D eigenvalue weighted by Gasteiger charge is 2.15. The van der Waals surface area contributed by atoms with Gasteiger partial charge in [0.1, 0.15) is 6.07 Å². The fourth-order valence-electron chi connectivity index (χ4n) is 2.98. The van der Waals surface area contributed by atoms with Crippen LogP contribution < -0.4 is 0 Å². The molecule has 0 atom stereocenters. The second kappa shape index (κ2) is 5.82. The minimum Gasteiger partial charge on any atom is -0.478 e. The van der Waals surface area contributed by atoms with E-state index < -0.39 is 5.97 Å². The lowest BCUT2D eigenvalue weighted by molar-refractivity contribution is 0.0696. The molecular weight excluding hydrogens is 302 g/mol. The van der Waals surface area contributed by atoms with Crippen molar-refractivity contribution in [3.05, 3.63) is 53.3 Å². The second-order valence-electron chi connectivity index (χ2n) is 6.02. The van der Waals surface area contributed by atoms with Crippen LogP contribution in [0.4, 0.5) is 0 Å². The van der Waals surface area contributed by atoms with E-state index in [4.69, 9.17) is 0 Å². The van der Waals surface area contributed by atoms with E-state index in [1.165, 1.54) is 12.3 Å². The minimum absolute atomic E-state index is 0.236. The third-order valence-electron chi connectivity index (χ3n) is 4.22. The lowest BCUT2D eigenvalue weighted by atomic mass is 10.0. The maximum Gasteiger partial charge on any atom is 0.336 e. The van der Waals surface area contributed by atoms with E-state index in [2.05, 4.69) is 29.5 Å². The molecular formula is C19H17N3O2. The Labute approximate surface area is 139 Å². The van der Waals surface area contributed by atoms with E-state index >= 15 is 0 Å². The van der Waals surface area contributed by atoms with Crippen LogP contribution in [0.3, 0.4) is 0 Å². The first kappa shape index (κ1) is 15.8. The molecule has 5 nitrogen and oxygen atoms in total. The summed E-state index contributed by atoms with van der Waals surface area (Å²) >= 11 is 0. The van der Waals surface area contributed by atoms with E-state index in [0.29, 0.717) is 16.8 Å². The first-order valence-electron chi connectivity index (χ1n) is 7.68. The summed E-state index contributed by atoms with van der Waals surface area (Å²) in [4.78, 5) is 15.7. The van der Waals surface area contributed by atoms with Gasteiger partial charge in [0, 0.05) is 34.9 Å². The topological polar surface area (TPSA) is 78.9 Å². The van der Waals surface area contributed by atoms with Gasteiger partial charge in [0.05, 0.1) is 16.8 Å². The Kier molecular flexibility index (Phi) is 3.82. The number of carboxylic acids is 1. The molecule has 3 rings (SSSR count). The third-order valence-corrected chi connectivity index (χ3v) is 4.22. The molecule has 0 saturated carbocycles. The molecule has 0 aliphatic heterocycles. The number of carboxylic acid groups (broad SMARTS) is 1. The van der Waals surface area contributed by atoms with Crippen molar-refractivity contribution in [2.24, 2.45) is 0 Å². The number of rotatable bonds is 3. The lowest BCUT2D eigenvalue weighted by Gasteiger charge is -2.11. The first-order chi connectivity index (χ1) is 11.4. The number of fused-ring (bicyclic) bond motifs is 1. The van der Waals surface area contributed by atoms with Gasteiger partial charge in [-0.15, -0.1) is 0 Å². The maximum absolute atomic E-state index is 11.3. The van der Waals surface area contributed by atoms with E-state index in [1.54, 1.807) is 6.92 Å². The van der Waals surface area contributed by atoms with Gasteiger partial charge in [-0.1, -0.05) is 6.07 Å². The summed E-state index contributed by atoms with van der Waals surface area (Å²) in [5, 5.41) is 19.5. The van der Waals surface area contributed by atoms with Crippen LogP contribution in [0, 0.1) is 18.3 Å². The van der Waals surface area contributed by atoms with Crippen LogP contribution in [0.25, 0.3) is 22.2 Å². The lowest BCUT2D eigenvalue weighted by Crippen LogP contribution is -2.02. The summed E-state index contributed by atoms with van der Waals surface area (Å²) < 4.78 is 2.06. The predicted molar refractivity (Wildman–Crippen MR) is 92.0 cm³/mol. The summed E-state index contributed by atoms with van der Waals surface area (Å²) in [5.41, 5.74) is 3.87. The number of pyridine rings is 1. The summed E-state index contributed by atoms with van der Waals surface area (Å²) in [6.45, 7) is 5.88. The number of aromatic nitrogens is 2. The molecule has 0 unspecified atom stereocenters.